The van der Waals surface area contributed by atoms with Crippen LogP contribution in [0.25, 0.3) is 0 Å². The molecule has 1 N–H and O–H groups in total. The molecule has 2 aromatic heterocycles. The van der Waals surface area contributed by atoms with E-state index in [4.69, 9.17) is 16.0 Å². The van der Waals surface area contributed by atoms with Gasteiger partial charge in [0.1, 0.15) is 23.8 Å². The minimum Gasteiger partial charge on any atom is -0.463 e. The Balaban J connectivity index is 1.42. The second-order valence-corrected chi connectivity index (χ2v) is 11.6. The van der Waals surface area contributed by atoms with Crippen LogP contribution in [0.15, 0.2) is 62.0 Å². The van der Waals surface area contributed by atoms with Crippen LogP contribution in [0.2, 0.25) is 5.02 Å². The molecular weight excluding hydrogens is 647 g/mol. The maximum Gasteiger partial charge on any atom is 0.433 e. The summed E-state index contributed by atoms with van der Waals surface area (Å²) in [5.41, 5.74) is -0.252. The number of aliphatic hydroxyl groups is 1. The molecule has 9 nitrogen and oxygen atoms in total. The number of hydrazine groups is 1. The van der Waals surface area contributed by atoms with E-state index in [0.29, 0.717) is 17.4 Å². The number of pyridine rings is 1. The SMILES string of the molecule is CN(c1nc(C(F)(F)F)ccc1Cl)N1C(=O)C2CC=C3C(c4ccc(CO)o4)C4=C(CC3C2C1=O)C(=O)C(Br)=CC4=O. The van der Waals surface area contributed by atoms with Gasteiger partial charge in [0.05, 0.1) is 27.3 Å². The highest BCUT2D eigenvalue weighted by atomic mass is 79.9. The van der Waals surface area contributed by atoms with E-state index in [9.17, 15) is 37.5 Å². The lowest BCUT2D eigenvalue weighted by molar-refractivity contribution is -0.141. The number of allylic oxidation sites excluding steroid dienone is 6. The minimum absolute atomic E-state index is 0.0148. The quantitative estimate of drug-likeness (QED) is 0.285. The summed E-state index contributed by atoms with van der Waals surface area (Å²) < 4.78 is 46.0. The highest BCUT2D eigenvalue weighted by Crippen LogP contribution is 2.55. The molecule has 218 valence electrons. The number of amides is 2. The third kappa shape index (κ3) is 4.28. The van der Waals surface area contributed by atoms with E-state index < -0.39 is 71.3 Å². The Morgan fingerprint density at radius 3 is 2.55 bits per heavy atom. The fraction of sp³-hybridized carbons (Fsp3) is 0.321. The summed E-state index contributed by atoms with van der Waals surface area (Å²) in [6.07, 6.45) is -1.76. The van der Waals surface area contributed by atoms with Crippen LogP contribution in [0.1, 0.15) is 36.0 Å². The van der Waals surface area contributed by atoms with Crippen LogP contribution in [0.4, 0.5) is 19.0 Å². The molecule has 1 aliphatic heterocycles. The largest absolute Gasteiger partial charge is 0.463 e. The fourth-order valence-electron chi connectivity index (χ4n) is 6.36. The number of Topliss-reactive ketones (excluding diaryl/α,β-unsaturated/α-hetero) is 1. The second-order valence-electron chi connectivity index (χ2n) is 10.4. The Morgan fingerprint density at radius 2 is 1.88 bits per heavy atom. The summed E-state index contributed by atoms with van der Waals surface area (Å²) in [5.74, 6) is -5.50. The number of aliphatic hydroxyl groups excluding tert-OH is 1. The summed E-state index contributed by atoms with van der Waals surface area (Å²) in [7, 11) is 1.23. The molecule has 1 fully saturated rings. The van der Waals surface area contributed by atoms with Gasteiger partial charge in [-0.3, -0.25) is 24.2 Å². The summed E-state index contributed by atoms with van der Waals surface area (Å²) in [6.45, 7) is -0.398. The number of alkyl halides is 3. The number of imide groups is 1. The Labute approximate surface area is 249 Å². The van der Waals surface area contributed by atoms with Crippen molar-refractivity contribution in [2.24, 2.45) is 17.8 Å². The van der Waals surface area contributed by atoms with Gasteiger partial charge in [-0.05, 0) is 59.0 Å². The zero-order chi connectivity index (χ0) is 30.2. The number of nitrogens with zero attached hydrogens (tertiary/aromatic N) is 3. The summed E-state index contributed by atoms with van der Waals surface area (Å²) in [6, 6.07) is 4.81. The van der Waals surface area contributed by atoms with Gasteiger partial charge in [-0.2, -0.15) is 18.2 Å². The van der Waals surface area contributed by atoms with Crippen molar-refractivity contribution in [2.45, 2.75) is 31.5 Å². The number of hydrogen-bond acceptors (Lipinski definition) is 8. The van der Waals surface area contributed by atoms with Crippen LogP contribution >= 0.6 is 27.5 Å². The Kier molecular flexibility index (Phi) is 6.82. The van der Waals surface area contributed by atoms with E-state index in [0.717, 1.165) is 16.1 Å². The molecule has 6 rings (SSSR count). The number of halogens is 5. The van der Waals surface area contributed by atoms with Gasteiger partial charge < -0.3 is 9.52 Å². The number of hydrogen-bond donors (Lipinski definition) is 1. The van der Waals surface area contributed by atoms with Crippen molar-refractivity contribution in [1.29, 1.82) is 0 Å². The molecule has 0 bridgehead atoms. The predicted octanol–water partition coefficient (Wildman–Crippen LogP) is 4.65. The zero-order valence-corrected chi connectivity index (χ0v) is 24.0. The average molecular weight is 667 g/mol. The van der Waals surface area contributed by atoms with Crippen LogP contribution in [-0.4, -0.2) is 45.5 Å². The maximum absolute atomic E-state index is 14.0. The number of carbonyl (C=O) groups excluding carboxylic acids is 4. The van der Waals surface area contributed by atoms with Crippen molar-refractivity contribution < 1.29 is 41.9 Å². The maximum atomic E-state index is 14.0. The van der Waals surface area contributed by atoms with E-state index in [-0.39, 0.29) is 39.3 Å². The van der Waals surface area contributed by atoms with Crippen LogP contribution < -0.4 is 5.01 Å². The van der Waals surface area contributed by atoms with Gasteiger partial charge in [0.2, 0.25) is 0 Å². The molecule has 14 heteroatoms. The first-order valence-corrected chi connectivity index (χ1v) is 13.9. The molecule has 1 saturated heterocycles. The Hall–Kier alpha value is -3.55. The zero-order valence-electron chi connectivity index (χ0n) is 21.6. The summed E-state index contributed by atoms with van der Waals surface area (Å²) in [4.78, 5) is 57.7. The Bertz CT molecular complexity index is 1680. The van der Waals surface area contributed by atoms with Crippen LogP contribution in [0, 0.1) is 17.8 Å². The second kappa shape index (κ2) is 10.0. The number of fused-ring (bicyclic) bond motifs is 3. The lowest BCUT2D eigenvalue weighted by atomic mass is 9.60. The van der Waals surface area contributed by atoms with Crippen molar-refractivity contribution in [3.63, 3.8) is 0 Å². The Morgan fingerprint density at radius 1 is 1.14 bits per heavy atom. The van der Waals surface area contributed by atoms with Crippen molar-refractivity contribution in [3.8, 4) is 0 Å². The predicted molar refractivity (Wildman–Crippen MR) is 144 cm³/mol. The molecule has 42 heavy (non-hydrogen) atoms. The fourth-order valence-corrected chi connectivity index (χ4v) is 7.03. The molecule has 0 radical (unpaired) electrons. The van der Waals surface area contributed by atoms with Crippen molar-refractivity contribution in [1.82, 2.24) is 9.99 Å². The molecule has 0 aromatic carbocycles. The van der Waals surface area contributed by atoms with E-state index in [2.05, 4.69) is 20.9 Å². The topological polar surface area (TPSA) is 121 Å². The molecule has 3 aliphatic carbocycles. The molecule has 3 heterocycles. The van der Waals surface area contributed by atoms with Gasteiger partial charge in [0.15, 0.2) is 17.4 Å². The summed E-state index contributed by atoms with van der Waals surface area (Å²) in [5, 5.41) is 11.0. The van der Waals surface area contributed by atoms with E-state index in [1.165, 1.54) is 13.1 Å². The highest BCUT2D eigenvalue weighted by Gasteiger charge is 2.58. The number of carbonyl (C=O) groups is 4. The number of rotatable bonds is 4. The van der Waals surface area contributed by atoms with E-state index in [1.54, 1.807) is 18.2 Å². The van der Waals surface area contributed by atoms with Gasteiger partial charge >= 0.3 is 6.18 Å². The molecule has 2 amide bonds. The molecule has 4 unspecified atom stereocenters. The van der Waals surface area contributed by atoms with Crippen LogP contribution in [0.5, 0.6) is 0 Å². The standard InChI is InChI=1S/C28H20BrClF3N3O6/c1-35(25-17(30)5-7-20(34-25)28(31,32)33)36-26(40)13-4-3-12-14(21(13)27(36)41)8-15-22(18(38)9-16(29)24(15)39)23(12)19-6-2-11(10-37)42-19/h2-3,5-7,9,13-14,21,23,37H,4,8,10H2,1H3. The van der Waals surface area contributed by atoms with Gasteiger partial charge in [-0.25, -0.2) is 4.98 Å². The van der Waals surface area contributed by atoms with Gasteiger partial charge in [0.25, 0.3) is 11.8 Å². The van der Waals surface area contributed by atoms with E-state index >= 15 is 0 Å². The monoisotopic (exact) mass is 665 g/mol. The molecule has 0 saturated carbocycles. The number of ketones is 2. The van der Waals surface area contributed by atoms with Gasteiger partial charge in [-0.15, -0.1) is 0 Å². The van der Waals surface area contributed by atoms with Crippen molar-refractivity contribution in [2.75, 3.05) is 12.1 Å². The molecule has 0 spiro atoms. The van der Waals surface area contributed by atoms with Crippen LogP contribution in [0.3, 0.4) is 0 Å². The van der Waals surface area contributed by atoms with Crippen molar-refractivity contribution in [3.05, 3.63) is 79.9 Å². The molecule has 2 aromatic rings. The first-order chi connectivity index (χ1) is 19.8. The first kappa shape index (κ1) is 28.6. The average Bonchev–Trinajstić information content (AvgIpc) is 3.52. The normalized spacial score (nSPS) is 25.7. The first-order valence-electron chi connectivity index (χ1n) is 12.8. The summed E-state index contributed by atoms with van der Waals surface area (Å²) >= 11 is 9.30. The lowest BCUT2D eigenvalue weighted by Gasteiger charge is -2.41. The third-order valence-electron chi connectivity index (χ3n) is 8.16. The lowest BCUT2D eigenvalue weighted by Crippen LogP contribution is -2.46. The van der Waals surface area contributed by atoms with Crippen molar-refractivity contribution >= 4 is 56.7 Å². The minimum atomic E-state index is -4.79. The number of anilines is 1. The molecule has 4 aliphatic rings. The van der Waals surface area contributed by atoms with Gasteiger partial charge in [0, 0.05) is 24.3 Å². The van der Waals surface area contributed by atoms with E-state index in [1.807, 2.05) is 0 Å². The number of aromatic nitrogens is 1. The van der Waals surface area contributed by atoms with Gasteiger partial charge in [-0.1, -0.05) is 23.3 Å². The number of furan rings is 1. The third-order valence-corrected chi connectivity index (χ3v) is 9.04. The van der Waals surface area contributed by atoms with Crippen LogP contribution in [-0.2, 0) is 32.0 Å². The smallest absolute Gasteiger partial charge is 0.433 e. The molecule has 4 atom stereocenters. The highest BCUT2D eigenvalue weighted by molar-refractivity contribution is 9.12. The molecular formula is C28H20BrClF3N3O6.